The van der Waals surface area contributed by atoms with Crippen molar-refractivity contribution in [1.82, 2.24) is 4.90 Å². The van der Waals surface area contributed by atoms with Crippen LogP contribution in [0.15, 0.2) is 18.2 Å². The SMILES string of the molecule is CC(c1ccc(F)c(N)c1)N1CCCC1. The summed E-state index contributed by atoms with van der Waals surface area (Å²) in [4.78, 5) is 2.41. The molecule has 0 aromatic heterocycles. The van der Waals surface area contributed by atoms with Crippen molar-refractivity contribution >= 4 is 5.69 Å². The second-order valence-corrected chi connectivity index (χ2v) is 4.20. The molecule has 1 fully saturated rings. The molecule has 0 radical (unpaired) electrons. The van der Waals surface area contributed by atoms with Crippen LogP contribution in [0.25, 0.3) is 0 Å². The van der Waals surface area contributed by atoms with E-state index in [1.165, 1.54) is 18.9 Å². The van der Waals surface area contributed by atoms with Crippen LogP contribution >= 0.6 is 0 Å². The lowest BCUT2D eigenvalue weighted by Gasteiger charge is -2.24. The zero-order valence-corrected chi connectivity index (χ0v) is 9.04. The van der Waals surface area contributed by atoms with E-state index >= 15 is 0 Å². The molecular formula is C12H17FN2. The lowest BCUT2D eigenvalue weighted by Crippen LogP contribution is -2.23. The lowest BCUT2D eigenvalue weighted by atomic mass is 10.1. The number of hydrogen-bond acceptors (Lipinski definition) is 2. The molecule has 15 heavy (non-hydrogen) atoms. The molecule has 1 aliphatic heterocycles. The third-order valence-corrected chi connectivity index (χ3v) is 3.19. The molecule has 1 aromatic carbocycles. The first-order valence-electron chi connectivity index (χ1n) is 5.47. The average Bonchev–Trinajstić information content (AvgIpc) is 2.74. The van der Waals surface area contributed by atoms with Crippen LogP contribution in [0.5, 0.6) is 0 Å². The Kier molecular flexibility index (Phi) is 2.91. The fourth-order valence-corrected chi connectivity index (χ4v) is 2.16. The van der Waals surface area contributed by atoms with Crippen LogP contribution in [0.3, 0.4) is 0 Å². The first-order chi connectivity index (χ1) is 7.18. The molecule has 1 aliphatic rings. The normalized spacial score (nSPS) is 19.3. The molecule has 3 heteroatoms. The molecule has 2 rings (SSSR count). The minimum atomic E-state index is -0.327. The van der Waals surface area contributed by atoms with Crippen LogP contribution in [-0.2, 0) is 0 Å². The second kappa shape index (κ2) is 4.19. The molecule has 1 atom stereocenters. The molecule has 2 nitrogen and oxygen atoms in total. The number of benzene rings is 1. The van der Waals surface area contributed by atoms with Crippen molar-refractivity contribution in [3.05, 3.63) is 29.6 Å². The number of nitrogen functional groups attached to an aromatic ring is 1. The van der Waals surface area contributed by atoms with Crippen molar-refractivity contribution in [2.24, 2.45) is 0 Å². The van der Waals surface area contributed by atoms with Crippen LogP contribution in [-0.4, -0.2) is 18.0 Å². The van der Waals surface area contributed by atoms with Crippen molar-refractivity contribution in [3.63, 3.8) is 0 Å². The van der Waals surface area contributed by atoms with E-state index in [2.05, 4.69) is 11.8 Å². The molecule has 0 bridgehead atoms. The van der Waals surface area contributed by atoms with Crippen LogP contribution in [0.4, 0.5) is 10.1 Å². The predicted molar refractivity (Wildman–Crippen MR) is 60.0 cm³/mol. The summed E-state index contributed by atoms with van der Waals surface area (Å²) in [5.74, 6) is -0.327. The van der Waals surface area contributed by atoms with Crippen molar-refractivity contribution in [3.8, 4) is 0 Å². The molecule has 0 amide bonds. The molecule has 82 valence electrons. The minimum Gasteiger partial charge on any atom is -0.396 e. The van der Waals surface area contributed by atoms with E-state index < -0.39 is 0 Å². The van der Waals surface area contributed by atoms with Gasteiger partial charge in [-0.3, -0.25) is 4.90 Å². The molecule has 1 saturated heterocycles. The molecular weight excluding hydrogens is 191 g/mol. The van der Waals surface area contributed by atoms with E-state index in [9.17, 15) is 4.39 Å². The van der Waals surface area contributed by atoms with E-state index in [0.29, 0.717) is 6.04 Å². The highest BCUT2D eigenvalue weighted by atomic mass is 19.1. The number of hydrogen-bond donors (Lipinski definition) is 1. The molecule has 0 aliphatic carbocycles. The van der Waals surface area contributed by atoms with Crippen molar-refractivity contribution in [2.75, 3.05) is 18.8 Å². The Morgan fingerprint density at radius 2 is 2.00 bits per heavy atom. The van der Waals surface area contributed by atoms with E-state index in [0.717, 1.165) is 18.7 Å². The Bertz CT molecular complexity index is 345. The maximum absolute atomic E-state index is 13.0. The van der Waals surface area contributed by atoms with Crippen molar-refractivity contribution < 1.29 is 4.39 Å². The Balaban J connectivity index is 2.17. The molecule has 0 saturated carbocycles. The van der Waals surface area contributed by atoms with Crippen LogP contribution < -0.4 is 5.73 Å². The quantitative estimate of drug-likeness (QED) is 0.757. The first-order valence-corrected chi connectivity index (χ1v) is 5.47. The fraction of sp³-hybridized carbons (Fsp3) is 0.500. The Labute approximate surface area is 89.9 Å². The highest BCUT2D eigenvalue weighted by Gasteiger charge is 2.19. The smallest absolute Gasteiger partial charge is 0.146 e. The van der Waals surface area contributed by atoms with Crippen LogP contribution in [0, 0.1) is 5.82 Å². The van der Waals surface area contributed by atoms with E-state index in [1.807, 2.05) is 6.07 Å². The van der Waals surface area contributed by atoms with Gasteiger partial charge >= 0.3 is 0 Å². The first kappa shape index (κ1) is 10.4. The molecule has 1 aromatic rings. The predicted octanol–water partition coefficient (Wildman–Crippen LogP) is 2.56. The van der Waals surface area contributed by atoms with Crippen molar-refractivity contribution in [1.29, 1.82) is 0 Å². The van der Waals surface area contributed by atoms with E-state index in [1.54, 1.807) is 6.07 Å². The maximum Gasteiger partial charge on any atom is 0.146 e. The van der Waals surface area contributed by atoms with Gasteiger partial charge in [-0.15, -0.1) is 0 Å². The van der Waals surface area contributed by atoms with Crippen molar-refractivity contribution in [2.45, 2.75) is 25.8 Å². The van der Waals surface area contributed by atoms with Gasteiger partial charge in [-0.25, -0.2) is 4.39 Å². The van der Waals surface area contributed by atoms with Gasteiger partial charge in [0.1, 0.15) is 5.82 Å². The summed E-state index contributed by atoms with van der Waals surface area (Å²) in [6.45, 7) is 4.43. The third-order valence-electron chi connectivity index (χ3n) is 3.19. The number of nitrogens with two attached hydrogens (primary N) is 1. The van der Waals surface area contributed by atoms with Gasteiger partial charge < -0.3 is 5.73 Å². The number of likely N-dealkylation sites (tertiary alicyclic amines) is 1. The van der Waals surface area contributed by atoms with Crippen LogP contribution in [0.2, 0.25) is 0 Å². The Morgan fingerprint density at radius 1 is 1.33 bits per heavy atom. The Morgan fingerprint density at radius 3 is 2.60 bits per heavy atom. The lowest BCUT2D eigenvalue weighted by molar-refractivity contribution is 0.263. The second-order valence-electron chi connectivity index (χ2n) is 4.20. The zero-order chi connectivity index (χ0) is 10.8. The summed E-state index contributed by atoms with van der Waals surface area (Å²) in [5, 5.41) is 0. The summed E-state index contributed by atoms with van der Waals surface area (Å²) < 4.78 is 13.0. The largest absolute Gasteiger partial charge is 0.396 e. The summed E-state index contributed by atoms with van der Waals surface area (Å²) in [7, 11) is 0. The van der Waals surface area contributed by atoms with Gasteiger partial charge in [0.25, 0.3) is 0 Å². The Hall–Kier alpha value is -1.09. The van der Waals surface area contributed by atoms with E-state index in [-0.39, 0.29) is 11.5 Å². The number of nitrogens with zero attached hydrogens (tertiary/aromatic N) is 1. The van der Waals surface area contributed by atoms with Gasteiger partial charge in [0.15, 0.2) is 0 Å². The number of rotatable bonds is 2. The number of anilines is 1. The molecule has 0 spiro atoms. The van der Waals surface area contributed by atoms with Gasteiger partial charge in [-0.05, 0) is 50.6 Å². The van der Waals surface area contributed by atoms with Gasteiger partial charge in [-0.2, -0.15) is 0 Å². The highest BCUT2D eigenvalue weighted by Crippen LogP contribution is 2.26. The summed E-state index contributed by atoms with van der Waals surface area (Å²) >= 11 is 0. The number of halogens is 1. The maximum atomic E-state index is 13.0. The van der Waals surface area contributed by atoms with Gasteiger partial charge in [0.05, 0.1) is 5.69 Å². The minimum absolute atomic E-state index is 0.249. The standard InChI is InChI=1S/C12H17FN2/c1-9(15-6-2-3-7-15)10-4-5-11(13)12(14)8-10/h4-5,8-9H,2-3,6-7,14H2,1H3. The van der Waals surface area contributed by atoms with Gasteiger partial charge in [-0.1, -0.05) is 6.07 Å². The topological polar surface area (TPSA) is 29.3 Å². The molecule has 1 heterocycles. The van der Waals surface area contributed by atoms with Gasteiger partial charge in [0.2, 0.25) is 0 Å². The monoisotopic (exact) mass is 208 g/mol. The molecule has 1 unspecified atom stereocenters. The summed E-state index contributed by atoms with van der Waals surface area (Å²) in [6, 6.07) is 5.37. The zero-order valence-electron chi connectivity index (χ0n) is 9.04. The third kappa shape index (κ3) is 2.12. The van der Waals surface area contributed by atoms with Crippen LogP contribution in [0.1, 0.15) is 31.4 Å². The highest BCUT2D eigenvalue weighted by molar-refractivity contribution is 5.43. The molecule has 2 N–H and O–H groups in total. The average molecular weight is 208 g/mol. The fourth-order valence-electron chi connectivity index (χ4n) is 2.16. The summed E-state index contributed by atoms with van der Waals surface area (Å²) in [5.41, 5.74) is 6.92. The van der Waals surface area contributed by atoms with Gasteiger partial charge in [0, 0.05) is 6.04 Å². The summed E-state index contributed by atoms with van der Waals surface area (Å²) in [6.07, 6.45) is 2.53. The van der Waals surface area contributed by atoms with E-state index in [4.69, 9.17) is 5.73 Å².